The third-order valence-electron chi connectivity index (χ3n) is 5.40. The highest BCUT2D eigenvalue weighted by molar-refractivity contribution is 5.96. The summed E-state index contributed by atoms with van der Waals surface area (Å²) in [4.78, 5) is 43.3. The number of alkyl halides is 3. The lowest BCUT2D eigenvalue weighted by molar-refractivity contribution is -0.188. The second kappa shape index (κ2) is 7.86. The average molecular weight is 426 g/mol. The Labute approximate surface area is 168 Å². The minimum absolute atomic E-state index is 0.0000953. The molecule has 1 amide bonds. The van der Waals surface area contributed by atoms with E-state index in [0.717, 1.165) is 12.8 Å². The van der Waals surface area contributed by atoms with Crippen molar-refractivity contribution < 1.29 is 22.7 Å². The zero-order valence-corrected chi connectivity index (χ0v) is 16.0. The first kappa shape index (κ1) is 20.6. The number of ether oxygens (including phenoxy) is 1. The predicted molar refractivity (Wildman–Crippen MR) is 100 cm³/mol. The van der Waals surface area contributed by atoms with Gasteiger partial charge >= 0.3 is 11.9 Å². The summed E-state index contributed by atoms with van der Waals surface area (Å²) < 4.78 is 43.4. The van der Waals surface area contributed by atoms with Crippen LogP contribution in [0.2, 0.25) is 0 Å². The molecule has 0 unspecified atom stereocenters. The van der Waals surface area contributed by atoms with Gasteiger partial charge in [0.15, 0.2) is 0 Å². The molecule has 4 rings (SSSR count). The second-order valence-electron chi connectivity index (χ2n) is 7.84. The molecule has 0 aromatic carbocycles. The maximum absolute atomic E-state index is 12.6. The number of carbonyl (C=O) groups is 1. The Hall–Kier alpha value is -2.69. The largest absolute Gasteiger partial charge is 0.411 e. The number of pyridine rings is 1. The molecule has 2 fully saturated rings. The fraction of sp³-hybridized carbons (Fsp3) is 0.579. The highest BCUT2D eigenvalue weighted by atomic mass is 19.4. The zero-order chi connectivity index (χ0) is 21.5. The van der Waals surface area contributed by atoms with Crippen LogP contribution in [-0.4, -0.2) is 45.4 Å². The summed E-state index contributed by atoms with van der Waals surface area (Å²) in [6, 6.07) is 1.05. The van der Waals surface area contributed by atoms with E-state index in [1.807, 2.05) is 0 Å². The van der Waals surface area contributed by atoms with Crippen LogP contribution in [-0.2, 0) is 4.74 Å². The zero-order valence-electron chi connectivity index (χ0n) is 16.0. The molecule has 11 heteroatoms. The van der Waals surface area contributed by atoms with Crippen molar-refractivity contribution in [3.8, 4) is 0 Å². The number of amides is 1. The monoisotopic (exact) mass is 426 g/mol. The standard InChI is InChI=1S/C19H21F3N4O4/c20-19(21,22)9-30-13-3-1-2-11(7-13)24-16(27)10-6-14-15(23-8-10)26(12-4-5-12)18(29)25-17(14)28/h6,8,11-13H,1-5,7,9H2,(H,24,27)(H,25,28,29)/t11-,13-/m1/s1. The van der Waals surface area contributed by atoms with Gasteiger partial charge in [0.1, 0.15) is 12.3 Å². The summed E-state index contributed by atoms with van der Waals surface area (Å²) in [5.74, 6) is -0.477. The third-order valence-corrected chi connectivity index (χ3v) is 5.40. The van der Waals surface area contributed by atoms with Crippen molar-refractivity contribution in [1.29, 1.82) is 0 Å². The van der Waals surface area contributed by atoms with Crippen LogP contribution in [0.3, 0.4) is 0 Å². The Kier molecular flexibility index (Phi) is 5.39. The van der Waals surface area contributed by atoms with Crippen LogP contribution in [0.15, 0.2) is 21.9 Å². The normalized spacial score (nSPS) is 22.2. The molecule has 2 aliphatic rings. The summed E-state index contributed by atoms with van der Waals surface area (Å²) >= 11 is 0. The summed E-state index contributed by atoms with van der Waals surface area (Å²) in [7, 11) is 0. The van der Waals surface area contributed by atoms with Crippen LogP contribution in [0.25, 0.3) is 11.0 Å². The number of hydrogen-bond donors (Lipinski definition) is 2. The van der Waals surface area contributed by atoms with Gasteiger partial charge < -0.3 is 10.1 Å². The van der Waals surface area contributed by atoms with Gasteiger partial charge in [0, 0.05) is 18.3 Å². The average Bonchev–Trinajstić information content (AvgIpc) is 3.51. The van der Waals surface area contributed by atoms with Gasteiger partial charge in [-0.3, -0.25) is 19.1 Å². The SMILES string of the molecule is O=C(N[C@@H]1CCC[C@@H](OCC(F)(F)F)C1)c1cnc2c(c1)c(=O)[nH]c(=O)n2C1CC1. The molecule has 162 valence electrons. The van der Waals surface area contributed by atoms with Crippen LogP contribution in [0.1, 0.15) is 54.9 Å². The number of H-pyrrole nitrogens is 1. The smallest absolute Gasteiger partial charge is 0.369 e. The highest BCUT2D eigenvalue weighted by Crippen LogP contribution is 2.34. The Morgan fingerprint density at radius 2 is 2.03 bits per heavy atom. The van der Waals surface area contributed by atoms with Crippen molar-refractivity contribution in [2.75, 3.05) is 6.61 Å². The minimum Gasteiger partial charge on any atom is -0.369 e. The summed E-state index contributed by atoms with van der Waals surface area (Å²) in [5.41, 5.74) is -0.757. The molecule has 0 aliphatic heterocycles. The molecule has 2 aromatic heterocycles. The third kappa shape index (κ3) is 4.55. The molecule has 2 aromatic rings. The van der Waals surface area contributed by atoms with Gasteiger partial charge in [-0.25, -0.2) is 9.78 Å². The lowest BCUT2D eigenvalue weighted by Gasteiger charge is -2.30. The van der Waals surface area contributed by atoms with E-state index in [0.29, 0.717) is 19.3 Å². The number of rotatable bonds is 5. The predicted octanol–water partition coefficient (Wildman–Crippen LogP) is 2.04. The lowest BCUT2D eigenvalue weighted by Crippen LogP contribution is -2.41. The molecule has 8 nitrogen and oxygen atoms in total. The molecule has 2 N–H and O–H groups in total. The second-order valence-corrected chi connectivity index (χ2v) is 7.84. The topological polar surface area (TPSA) is 106 Å². The summed E-state index contributed by atoms with van der Waals surface area (Å²) in [5, 5.41) is 2.93. The minimum atomic E-state index is -4.39. The number of aromatic nitrogens is 3. The van der Waals surface area contributed by atoms with Crippen molar-refractivity contribution in [1.82, 2.24) is 19.9 Å². The summed E-state index contributed by atoms with van der Waals surface area (Å²) in [6.45, 7) is -1.31. The summed E-state index contributed by atoms with van der Waals surface area (Å²) in [6.07, 6.45) is 0.0397. The van der Waals surface area contributed by atoms with Crippen molar-refractivity contribution >= 4 is 16.9 Å². The Morgan fingerprint density at radius 1 is 1.27 bits per heavy atom. The number of halogens is 3. The molecule has 0 radical (unpaired) electrons. The fourth-order valence-corrected chi connectivity index (χ4v) is 3.84. The first-order chi connectivity index (χ1) is 14.2. The Balaban J connectivity index is 1.48. The molecule has 0 spiro atoms. The first-order valence-electron chi connectivity index (χ1n) is 9.85. The molecular formula is C19H21F3N4O4. The number of nitrogens with one attached hydrogen (secondary N) is 2. The number of aromatic amines is 1. The van der Waals surface area contributed by atoms with Crippen LogP contribution in [0, 0.1) is 0 Å². The van der Waals surface area contributed by atoms with Crippen molar-refractivity contribution in [2.45, 2.75) is 62.9 Å². The van der Waals surface area contributed by atoms with E-state index in [1.165, 1.54) is 16.8 Å². The number of hydrogen-bond acceptors (Lipinski definition) is 5. The van der Waals surface area contributed by atoms with Gasteiger partial charge in [0.2, 0.25) is 0 Å². The van der Waals surface area contributed by atoms with Crippen LogP contribution in [0.5, 0.6) is 0 Å². The molecule has 2 atom stereocenters. The van der Waals surface area contributed by atoms with Gasteiger partial charge in [-0.15, -0.1) is 0 Å². The van der Waals surface area contributed by atoms with Crippen LogP contribution in [0.4, 0.5) is 13.2 Å². The molecule has 2 saturated carbocycles. The van der Waals surface area contributed by atoms with Crippen molar-refractivity contribution in [3.63, 3.8) is 0 Å². The number of fused-ring (bicyclic) bond motifs is 1. The van der Waals surface area contributed by atoms with Crippen LogP contribution < -0.4 is 16.6 Å². The van der Waals surface area contributed by atoms with E-state index < -0.39 is 36.0 Å². The maximum Gasteiger partial charge on any atom is 0.411 e. The van der Waals surface area contributed by atoms with E-state index in [4.69, 9.17) is 4.74 Å². The fourth-order valence-electron chi connectivity index (χ4n) is 3.84. The highest BCUT2D eigenvalue weighted by Gasteiger charge is 2.32. The quantitative estimate of drug-likeness (QED) is 0.761. The van der Waals surface area contributed by atoms with Crippen molar-refractivity contribution in [3.05, 3.63) is 38.7 Å². The molecule has 0 saturated heterocycles. The molecule has 2 heterocycles. The Morgan fingerprint density at radius 3 is 2.73 bits per heavy atom. The number of carbonyl (C=O) groups excluding carboxylic acids is 1. The molecule has 0 bridgehead atoms. The Bertz CT molecular complexity index is 1070. The van der Waals surface area contributed by atoms with Gasteiger partial charge in [-0.1, -0.05) is 0 Å². The number of nitrogens with zero attached hydrogens (tertiary/aromatic N) is 2. The van der Waals surface area contributed by atoms with E-state index in [-0.39, 0.29) is 35.1 Å². The van der Waals surface area contributed by atoms with Gasteiger partial charge in [-0.05, 0) is 44.6 Å². The lowest BCUT2D eigenvalue weighted by atomic mass is 9.92. The van der Waals surface area contributed by atoms with E-state index in [2.05, 4.69) is 15.3 Å². The maximum atomic E-state index is 12.6. The van der Waals surface area contributed by atoms with Crippen molar-refractivity contribution in [2.24, 2.45) is 0 Å². The first-order valence-corrected chi connectivity index (χ1v) is 9.85. The van der Waals surface area contributed by atoms with E-state index >= 15 is 0 Å². The van der Waals surface area contributed by atoms with Crippen LogP contribution >= 0.6 is 0 Å². The van der Waals surface area contributed by atoms with E-state index in [1.54, 1.807) is 0 Å². The van der Waals surface area contributed by atoms with Gasteiger partial charge in [0.25, 0.3) is 11.5 Å². The molecular weight excluding hydrogens is 405 g/mol. The van der Waals surface area contributed by atoms with Gasteiger partial charge in [0.05, 0.1) is 17.1 Å². The molecule has 2 aliphatic carbocycles. The molecule has 30 heavy (non-hydrogen) atoms. The van der Waals surface area contributed by atoms with Gasteiger partial charge in [-0.2, -0.15) is 13.2 Å². The van der Waals surface area contributed by atoms with E-state index in [9.17, 15) is 27.6 Å².